The number of hydrogen-bond donors (Lipinski definition) is 1. The number of hydrogen-bond acceptors (Lipinski definition) is 3. The summed E-state index contributed by atoms with van der Waals surface area (Å²) in [6.45, 7) is 4.64. The predicted molar refractivity (Wildman–Crippen MR) is 110 cm³/mol. The van der Waals surface area contributed by atoms with Crippen LogP contribution in [0.2, 0.25) is 0 Å². The van der Waals surface area contributed by atoms with Gasteiger partial charge in [-0.2, -0.15) is 0 Å². The zero-order valence-corrected chi connectivity index (χ0v) is 16.5. The van der Waals surface area contributed by atoms with Crippen molar-refractivity contribution in [3.63, 3.8) is 0 Å². The molecule has 0 bridgehead atoms. The molecule has 1 atom stereocenters. The highest BCUT2D eigenvalue weighted by Gasteiger charge is 2.30. The molecule has 4 nitrogen and oxygen atoms in total. The van der Waals surface area contributed by atoms with Gasteiger partial charge >= 0.3 is 0 Å². The van der Waals surface area contributed by atoms with Crippen molar-refractivity contribution >= 4 is 11.6 Å². The van der Waals surface area contributed by atoms with Crippen LogP contribution in [0, 0.1) is 11.6 Å². The fourth-order valence-corrected chi connectivity index (χ4v) is 4.45. The van der Waals surface area contributed by atoms with Gasteiger partial charge in [-0.3, -0.25) is 9.69 Å². The maximum Gasteiger partial charge on any atom is 0.254 e. The Bertz CT molecular complexity index is 873. The highest BCUT2D eigenvalue weighted by molar-refractivity contribution is 5.94. The van der Waals surface area contributed by atoms with E-state index in [1.807, 2.05) is 0 Å². The molecule has 0 saturated carbocycles. The second-order valence-electron chi connectivity index (χ2n) is 7.88. The van der Waals surface area contributed by atoms with Crippen LogP contribution in [0.3, 0.4) is 0 Å². The minimum Gasteiger partial charge on any atom is -0.366 e. The summed E-state index contributed by atoms with van der Waals surface area (Å²) in [5.41, 5.74) is 2.62. The van der Waals surface area contributed by atoms with E-state index in [0.717, 1.165) is 51.5 Å². The number of nitrogens with zero attached hydrogens (tertiary/aromatic N) is 2. The summed E-state index contributed by atoms with van der Waals surface area (Å²) in [4.78, 5) is 17.1. The van der Waals surface area contributed by atoms with E-state index < -0.39 is 17.5 Å². The van der Waals surface area contributed by atoms with Gasteiger partial charge < -0.3 is 10.2 Å². The normalized spacial score (nSPS) is 18.8. The number of anilines is 1. The van der Waals surface area contributed by atoms with Gasteiger partial charge in [0.05, 0.1) is 5.56 Å². The van der Waals surface area contributed by atoms with E-state index >= 15 is 0 Å². The molecule has 2 aromatic carbocycles. The van der Waals surface area contributed by atoms with Crippen LogP contribution in [-0.4, -0.2) is 49.6 Å². The molecule has 2 aliphatic heterocycles. The number of benzene rings is 2. The number of halogens is 2. The molecule has 6 heteroatoms. The minimum atomic E-state index is -1.09. The van der Waals surface area contributed by atoms with Crippen molar-refractivity contribution in [2.75, 3.05) is 37.6 Å². The van der Waals surface area contributed by atoms with Gasteiger partial charge in [0.2, 0.25) is 0 Å². The number of amides is 1. The molecule has 29 heavy (non-hydrogen) atoms. The molecule has 4 rings (SSSR count). The maximum atomic E-state index is 13.7. The third-order valence-electron chi connectivity index (χ3n) is 6.00. The first-order valence-electron chi connectivity index (χ1n) is 10.4. The summed E-state index contributed by atoms with van der Waals surface area (Å²) in [5.74, 6) is -2.64. The highest BCUT2D eigenvalue weighted by Crippen LogP contribution is 2.32. The summed E-state index contributed by atoms with van der Waals surface area (Å²) in [6.07, 6.45) is 4.13. The molecule has 0 radical (unpaired) electrons. The standard InChI is InChI=1S/C23H27F2N3O/c24-20-8-5-7-19(22(20)25)23(29)26-12-3-4-13-27-14-15-28-18(16-27)11-10-17-6-1-2-9-21(17)28/h1-2,5-9,18H,3-4,10-16H2,(H,26,29). The molecular formula is C23H27F2N3O. The molecule has 2 aliphatic rings. The van der Waals surface area contributed by atoms with Crippen molar-refractivity contribution in [2.45, 2.75) is 31.7 Å². The molecule has 1 amide bonds. The molecule has 0 aromatic heterocycles. The monoisotopic (exact) mass is 399 g/mol. The first-order valence-corrected chi connectivity index (χ1v) is 10.4. The fourth-order valence-electron chi connectivity index (χ4n) is 4.45. The van der Waals surface area contributed by atoms with Crippen LogP contribution in [0.15, 0.2) is 42.5 Å². The van der Waals surface area contributed by atoms with Gasteiger partial charge in [-0.1, -0.05) is 24.3 Å². The molecule has 1 unspecified atom stereocenters. The maximum absolute atomic E-state index is 13.7. The second-order valence-corrected chi connectivity index (χ2v) is 7.88. The van der Waals surface area contributed by atoms with Gasteiger partial charge in [-0.05, 0) is 56.0 Å². The zero-order chi connectivity index (χ0) is 20.2. The largest absolute Gasteiger partial charge is 0.366 e. The summed E-state index contributed by atoms with van der Waals surface area (Å²) in [5, 5.41) is 2.69. The summed E-state index contributed by atoms with van der Waals surface area (Å²) in [6, 6.07) is 13.0. The Hall–Kier alpha value is -2.47. The highest BCUT2D eigenvalue weighted by atomic mass is 19.2. The van der Waals surface area contributed by atoms with Crippen molar-refractivity contribution in [2.24, 2.45) is 0 Å². The number of fused-ring (bicyclic) bond motifs is 3. The first-order chi connectivity index (χ1) is 14.1. The number of rotatable bonds is 6. The van der Waals surface area contributed by atoms with Crippen LogP contribution < -0.4 is 10.2 Å². The molecule has 1 N–H and O–H groups in total. The molecule has 0 spiro atoms. The topological polar surface area (TPSA) is 35.6 Å². The Morgan fingerprint density at radius 2 is 1.93 bits per heavy atom. The number of nitrogens with one attached hydrogen (secondary N) is 1. The van der Waals surface area contributed by atoms with Crippen LogP contribution in [0.4, 0.5) is 14.5 Å². The molecule has 0 aliphatic carbocycles. The Kier molecular flexibility index (Phi) is 6.09. The van der Waals surface area contributed by atoms with Gasteiger partial charge in [-0.15, -0.1) is 0 Å². The fraction of sp³-hybridized carbons (Fsp3) is 0.435. The molecule has 1 fully saturated rings. The minimum absolute atomic E-state index is 0.237. The van der Waals surface area contributed by atoms with Crippen molar-refractivity contribution in [3.05, 3.63) is 65.2 Å². The number of carbonyl (C=O) groups is 1. The van der Waals surface area contributed by atoms with E-state index in [0.29, 0.717) is 12.6 Å². The number of carbonyl (C=O) groups excluding carboxylic acids is 1. The van der Waals surface area contributed by atoms with E-state index in [1.165, 1.54) is 29.8 Å². The average molecular weight is 399 g/mol. The van der Waals surface area contributed by atoms with Crippen molar-refractivity contribution in [1.82, 2.24) is 10.2 Å². The zero-order valence-electron chi connectivity index (χ0n) is 16.5. The third-order valence-corrected chi connectivity index (χ3v) is 6.00. The SMILES string of the molecule is O=C(NCCCCN1CCN2c3ccccc3CCC2C1)c1cccc(F)c1F. The van der Waals surface area contributed by atoms with Gasteiger partial charge in [0.15, 0.2) is 11.6 Å². The van der Waals surface area contributed by atoms with Crippen LogP contribution in [0.1, 0.15) is 35.2 Å². The smallest absolute Gasteiger partial charge is 0.254 e. The second kappa shape index (κ2) is 8.91. The van der Waals surface area contributed by atoms with Gasteiger partial charge in [0.25, 0.3) is 5.91 Å². The quantitative estimate of drug-likeness (QED) is 0.754. The molecule has 2 heterocycles. The van der Waals surface area contributed by atoms with E-state index in [2.05, 4.69) is 39.4 Å². The van der Waals surface area contributed by atoms with Crippen LogP contribution in [0.5, 0.6) is 0 Å². The van der Waals surface area contributed by atoms with Crippen molar-refractivity contribution in [1.29, 1.82) is 0 Å². The first kappa shape index (κ1) is 19.8. The molecule has 1 saturated heterocycles. The Labute approximate surface area is 170 Å². The number of aryl methyl sites for hydroxylation is 1. The van der Waals surface area contributed by atoms with Gasteiger partial charge in [-0.25, -0.2) is 8.78 Å². The summed E-state index contributed by atoms with van der Waals surface area (Å²) < 4.78 is 26.9. The molecule has 154 valence electrons. The average Bonchev–Trinajstić information content (AvgIpc) is 2.75. The van der Waals surface area contributed by atoms with Crippen molar-refractivity contribution in [3.8, 4) is 0 Å². The number of piperazine rings is 1. The Morgan fingerprint density at radius 1 is 1.07 bits per heavy atom. The number of unbranched alkanes of at least 4 members (excludes halogenated alkanes) is 1. The van der Waals surface area contributed by atoms with E-state index in [9.17, 15) is 13.6 Å². The van der Waals surface area contributed by atoms with Gasteiger partial charge in [0.1, 0.15) is 0 Å². The predicted octanol–water partition coefficient (Wildman–Crippen LogP) is 3.61. The Morgan fingerprint density at radius 3 is 2.83 bits per heavy atom. The Balaban J connectivity index is 1.19. The lowest BCUT2D eigenvalue weighted by atomic mass is 9.94. The lowest BCUT2D eigenvalue weighted by molar-refractivity contribution is 0.0947. The van der Waals surface area contributed by atoms with E-state index in [4.69, 9.17) is 0 Å². The molecular weight excluding hydrogens is 372 g/mol. The lowest BCUT2D eigenvalue weighted by Gasteiger charge is -2.46. The van der Waals surface area contributed by atoms with Crippen LogP contribution in [0.25, 0.3) is 0 Å². The van der Waals surface area contributed by atoms with E-state index in [1.54, 1.807) is 0 Å². The number of para-hydroxylation sites is 1. The third kappa shape index (κ3) is 4.42. The van der Waals surface area contributed by atoms with Gasteiger partial charge in [0, 0.05) is 37.9 Å². The van der Waals surface area contributed by atoms with E-state index in [-0.39, 0.29) is 5.56 Å². The molecule has 2 aromatic rings. The summed E-state index contributed by atoms with van der Waals surface area (Å²) in [7, 11) is 0. The van der Waals surface area contributed by atoms with Crippen LogP contribution >= 0.6 is 0 Å². The van der Waals surface area contributed by atoms with Crippen LogP contribution in [-0.2, 0) is 6.42 Å². The summed E-state index contributed by atoms with van der Waals surface area (Å²) >= 11 is 0. The van der Waals surface area contributed by atoms with Crippen molar-refractivity contribution < 1.29 is 13.6 Å². The lowest BCUT2D eigenvalue weighted by Crippen LogP contribution is -2.55.